The van der Waals surface area contributed by atoms with Gasteiger partial charge in [0.2, 0.25) is 0 Å². The minimum atomic E-state index is -2.78. The van der Waals surface area contributed by atoms with Crippen LogP contribution in [0.5, 0.6) is 0 Å². The minimum Gasteiger partial charge on any atom is -0.229 e. The maximum Gasteiger partial charge on any atom is 0.150 e. The van der Waals surface area contributed by atoms with Crippen molar-refractivity contribution in [3.05, 3.63) is 0 Å². The van der Waals surface area contributed by atoms with Gasteiger partial charge in [0, 0.05) is 6.26 Å². The molecule has 0 radical (unpaired) electrons. The summed E-state index contributed by atoms with van der Waals surface area (Å²) < 4.78 is 22.4. The second-order valence-corrected chi connectivity index (χ2v) is 7.02. The van der Waals surface area contributed by atoms with Crippen LogP contribution in [0.4, 0.5) is 0 Å². The predicted octanol–water partition coefficient (Wildman–Crippen LogP) is 2.00. The van der Waals surface area contributed by atoms with Crippen LogP contribution in [0.25, 0.3) is 0 Å². The van der Waals surface area contributed by atoms with E-state index in [2.05, 4.69) is 13.8 Å². The second-order valence-electron chi connectivity index (χ2n) is 4.69. The van der Waals surface area contributed by atoms with Crippen molar-refractivity contribution in [1.29, 1.82) is 0 Å². The van der Waals surface area contributed by atoms with Crippen LogP contribution in [0.1, 0.15) is 39.5 Å². The predicted molar refractivity (Wildman–Crippen MR) is 50.9 cm³/mol. The van der Waals surface area contributed by atoms with E-state index < -0.39 is 9.84 Å². The fourth-order valence-electron chi connectivity index (χ4n) is 1.80. The summed E-state index contributed by atoms with van der Waals surface area (Å²) in [5.41, 5.74) is 0.362. The normalized spacial score (nSPS) is 25.6. The van der Waals surface area contributed by atoms with E-state index in [1.54, 1.807) is 0 Å². The molecule has 1 aliphatic carbocycles. The summed E-state index contributed by atoms with van der Waals surface area (Å²) in [6.45, 7) is 4.43. The molecular formula is C9H18O2S. The third kappa shape index (κ3) is 2.47. The van der Waals surface area contributed by atoms with Crippen molar-refractivity contribution in [2.24, 2.45) is 5.41 Å². The monoisotopic (exact) mass is 190 g/mol. The van der Waals surface area contributed by atoms with E-state index >= 15 is 0 Å². The van der Waals surface area contributed by atoms with Crippen LogP contribution < -0.4 is 0 Å². The summed E-state index contributed by atoms with van der Waals surface area (Å²) >= 11 is 0. The largest absolute Gasteiger partial charge is 0.229 e. The van der Waals surface area contributed by atoms with Gasteiger partial charge < -0.3 is 0 Å². The van der Waals surface area contributed by atoms with Gasteiger partial charge in [0.25, 0.3) is 0 Å². The zero-order chi connectivity index (χ0) is 9.41. The van der Waals surface area contributed by atoms with Crippen LogP contribution in [0.15, 0.2) is 0 Å². The Morgan fingerprint density at radius 1 is 1.17 bits per heavy atom. The van der Waals surface area contributed by atoms with Crippen LogP contribution >= 0.6 is 0 Å². The van der Waals surface area contributed by atoms with E-state index in [9.17, 15) is 8.42 Å². The Kier molecular flexibility index (Phi) is 2.52. The summed E-state index contributed by atoms with van der Waals surface area (Å²) in [4.78, 5) is 0. The SMILES string of the molecule is CC1(C)CCC(S(C)(=O)=O)CC1. The lowest BCUT2D eigenvalue weighted by Crippen LogP contribution is -2.29. The molecule has 0 aromatic heterocycles. The Morgan fingerprint density at radius 3 is 1.92 bits per heavy atom. The van der Waals surface area contributed by atoms with Gasteiger partial charge in [-0.05, 0) is 31.1 Å². The van der Waals surface area contributed by atoms with Crippen molar-refractivity contribution in [2.45, 2.75) is 44.8 Å². The first kappa shape index (κ1) is 10.0. The van der Waals surface area contributed by atoms with Crippen LogP contribution in [0, 0.1) is 5.41 Å². The first-order chi connectivity index (χ1) is 5.31. The summed E-state index contributed by atoms with van der Waals surface area (Å²) in [5, 5.41) is -0.0643. The first-order valence-electron chi connectivity index (χ1n) is 4.50. The van der Waals surface area contributed by atoms with Gasteiger partial charge in [-0.15, -0.1) is 0 Å². The number of hydrogen-bond donors (Lipinski definition) is 0. The average Bonchev–Trinajstić information content (AvgIpc) is 1.83. The molecule has 0 aromatic rings. The Labute approximate surface area is 75.3 Å². The molecule has 0 bridgehead atoms. The fraction of sp³-hybridized carbons (Fsp3) is 1.00. The van der Waals surface area contributed by atoms with Crippen LogP contribution in [-0.4, -0.2) is 19.9 Å². The highest BCUT2D eigenvalue weighted by Gasteiger charge is 2.31. The topological polar surface area (TPSA) is 34.1 Å². The van der Waals surface area contributed by atoms with Gasteiger partial charge in [0.05, 0.1) is 5.25 Å². The van der Waals surface area contributed by atoms with Crippen LogP contribution in [0.3, 0.4) is 0 Å². The molecule has 1 saturated carbocycles. The van der Waals surface area contributed by atoms with Crippen LogP contribution in [0.2, 0.25) is 0 Å². The van der Waals surface area contributed by atoms with Crippen molar-refractivity contribution >= 4 is 9.84 Å². The molecule has 1 rings (SSSR count). The van der Waals surface area contributed by atoms with Crippen molar-refractivity contribution in [2.75, 3.05) is 6.26 Å². The molecular weight excluding hydrogens is 172 g/mol. The van der Waals surface area contributed by atoms with E-state index in [1.165, 1.54) is 6.26 Å². The van der Waals surface area contributed by atoms with Gasteiger partial charge in [-0.3, -0.25) is 0 Å². The molecule has 0 atom stereocenters. The zero-order valence-corrected chi connectivity index (χ0v) is 8.95. The molecule has 0 saturated heterocycles. The third-order valence-electron chi connectivity index (χ3n) is 2.89. The van der Waals surface area contributed by atoms with Gasteiger partial charge in [-0.2, -0.15) is 0 Å². The lowest BCUT2D eigenvalue weighted by Gasteiger charge is -2.33. The van der Waals surface area contributed by atoms with Crippen molar-refractivity contribution in [3.8, 4) is 0 Å². The number of hydrogen-bond acceptors (Lipinski definition) is 2. The molecule has 2 nitrogen and oxygen atoms in total. The first-order valence-corrected chi connectivity index (χ1v) is 6.46. The summed E-state index contributed by atoms with van der Waals surface area (Å²) in [7, 11) is -2.78. The Hall–Kier alpha value is -0.0500. The summed E-state index contributed by atoms with van der Waals surface area (Å²) in [6, 6.07) is 0. The van der Waals surface area contributed by atoms with E-state index in [-0.39, 0.29) is 5.25 Å². The molecule has 0 heterocycles. The fourth-order valence-corrected chi connectivity index (χ4v) is 2.89. The van der Waals surface area contributed by atoms with E-state index in [1.807, 2.05) is 0 Å². The van der Waals surface area contributed by atoms with E-state index in [0.717, 1.165) is 25.7 Å². The van der Waals surface area contributed by atoms with Gasteiger partial charge in [0.1, 0.15) is 9.84 Å². The summed E-state index contributed by atoms with van der Waals surface area (Å²) in [5.74, 6) is 0. The molecule has 1 aliphatic rings. The van der Waals surface area contributed by atoms with E-state index in [4.69, 9.17) is 0 Å². The molecule has 0 spiro atoms. The lowest BCUT2D eigenvalue weighted by atomic mass is 9.77. The molecule has 0 unspecified atom stereocenters. The quantitative estimate of drug-likeness (QED) is 0.633. The van der Waals surface area contributed by atoms with Crippen molar-refractivity contribution < 1.29 is 8.42 Å². The third-order valence-corrected chi connectivity index (χ3v) is 4.57. The second kappa shape index (κ2) is 3.02. The summed E-state index contributed by atoms with van der Waals surface area (Å²) in [6.07, 6.45) is 5.16. The molecule has 0 N–H and O–H groups in total. The molecule has 72 valence electrons. The maximum absolute atomic E-state index is 11.2. The number of rotatable bonds is 1. The molecule has 12 heavy (non-hydrogen) atoms. The Balaban J connectivity index is 2.59. The molecule has 0 aliphatic heterocycles. The highest BCUT2D eigenvalue weighted by atomic mass is 32.2. The molecule has 0 amide bonds. The number of sulfone groups is 1. The van der Waals surface area contributed by atoms with E-state index in [0.29, 0.717) is 5.41 Å². The molecule has 1 fully saturated rings. The lowest BCUT2D eigenvalue weighted by molar-refractivity contribution is 0.246. The Bertz CT molecular complexity index is 242. The van der Waals surface area contributed by atoms with Gasteiger partial charge >= 0.3 is 0 Å². The van der Waals surface area contributed by atoms with Crippen LogP contribution in [-0.2, 0) is 9.84 Å². The highest BCUT2D eigenvalue weighted by Crippen LogP contribution is 2.37. The molecule has 3 heteroatoms. The average molecular weight is 190 g/mol. The molecule has 0 aromatic carbocycles. The van der Waals surface area contributed by atoms with Gasteiger partial charge in [0.15, 0.2) is 0 Å². The van der Waals surface area contributed by atoms with Gasteiger partial charge in [-0.25, -0.2) is 8.42 Å². The maximum atomic E-state index is 11.2. The highest BCUT2D eigenvalue weighted by molar-refractivity contribution is 7.91. The van der Waals surface area contributed by atoms with Crippen molar-refractivity contribution in [3.63, 3.8) is 0 Å². The minimum absolute atomic E-state index is 0.0643. The van der Waals surface area contributed by atoms with Gasteiger partial charge in [-0.1, -0.05) is 13.8 Å². The Morgan fingerprint density at radius 2 is 1.58 bits per heavy atom. The smallest absolute Gasteiger partial charge is 0.150 e. The zero-order valence-electron chi connectivity index (χ0n) is 8.13. The standard InChI is InChI=1S/C9H18O2S/c1-9(2)6-4-8(5-7-9)12(3,10)11/h8H,4-7H2,1-3H3. The van der Waals surface area contributed by atoms with Crippen molar-refractivity contribution in [1.82, 2.24) is 0 Å².